The summed E-state index contributed by atoms with van der Waals surface area (Å²) in [6.07, 6.45) is 0. The molecule has 0 heterocycles. The van der Waals surface area contributed by atoms with Crippen LogP contribution < -0.4 is 10.1 Å². The van der Waals surface area contributed by atoms with E-state index in [-0.39, 0.29) is 17.5 Å². The summed E-state index contributed by atoms with van der Waals surface area (Å²) in [4.78, 5) is 10.2. The van der Waals surface area contributed by atoms with Crippen molar-refractivity contribution < 1.29 is 14.8 Å². The Labute approximate surface area is 128 Å². The van der Waals surface area contributed by atoms with E-state index in [0.29, 0.717) is 12.3 Å². The number of nitrogens with one attached hydrogen (secondary N) is 1. The number of benzene rings is 2. The second-order valence-electron chi connectivity index (χ2n) is 4.92. The van der Waals surface area contributed by atoms with Crippen molar-refractivity contribution in [3.8, 4) is 11.5 Å². The van der Waals surface area contributed by atoms with E-state index >= 15 is 0 Å². The topological polar surface area (TPSA) is 84.6 Å². The first-order valence-corrected chi connectivity index (χ1v) is 6.85. The molecule has 0 aliphatic rings. The molecule has 6 heteroatoms. The summed E-state index contributed by atoms with van der Waals surface area (Å²) in [5, 5.41) is 23.9. The van der Waals surface area contributed by atoms with Gasteiger partial charge in [-0.15, -0.1) is 0 Å². The van der Waals surface area contributed by atoms with Crippen molar-refractivity contribution in [2.75, 3.05) is 7.11 Å². The molecule has 2 N–H and O–H groups in total. The lowest BCUT2D eigenvalue weighted by atomic mass is 10.1. The zero-order chi connectivity index (χ0) is 16.1. The van der Waals surface area contributed by atoms with E-state index in [4.69, 9.17) is 4.74 Å². The molecular formula is C16H18N2O4. The quantitative estimate of drug-likeness (QED) is 0.632. The Morgan fingerprint density at radius 3 is 2.55 bits per heavy atom. The lowest BCUT2D eigenvalue weighted by Crippen LogP contribution is -2.18. The van der Waals surface area contributed by atoms with E-state index in [0.717, 1.165) is 11.1 Å². The van der Waals surface area contributed by atoms with Gasteiger partial charge in [0.1, 0.15) is 0 Å². The molecule has 0 aromatic heterocycles. The van der Waals surface area contributed by atoms with E-state index in [1.165, 1.54) is 19.2 Å². The number of nitro groups is 1. The van der Waals surface area contributed by atoms with Crippen LogP contribution in [-0.4, -0.2) is 17.1 Å². The molecular weight excluding hydrogens is 284 g/mol. The van der Waals surface area contributed by atoms with E-state index < -0.39 is 4.92 Å². The van der Waals surface area contributed by atoms with Crippen LogP contribution in [0.3, 0.4) is 0 Å². The van der Waals surface area contributed by atoms with Gasteiger partial charge in [-0.3, -0.25) is 10.1 Å². The van der Waals surface area contributed by atoms with Crippen LogP contribution in [0.1, 0.15) is 24.1 Å². The number of nitrogens with zero attached hydrogens (tertiary/aromatic N) is 1. The normalized spacial score (nSPS) is 11.9. The summed E-state index contributed by atoms with van der Waals surface area (Å²) in [6.45, 7) is 2.42. The van der Waals surface area contributed by atoms with Crippen LogP contribution >= 0.6 is 0 Å². The number of aromatic hydroxyl groups is 1. The van der Waals surface area contributed by atoms with Crippen LogP contribution in [0.25, 0.3) is 0 Å². The molecule has 0 saturated carbocycles. The van der Waals surface area contributed by atoms with Gasteiger partial charge >= 0.3 is 0 Å². The number of hydrogen-bond acceptors (Lipinski definition) is 5. The molecule has 2 rings (SSSR count). The highest BCUT2D eigenvalue weighted by atomic mass is 16.6. The van der Waals surface area contributed by atoms with Crippen LogP contribution in [0.5, 0.6) is 11.5 Å². The highest BCUT2D eigenvalue weighted by Gasteiger charge is 2.11. The third kappa shape index (κ3) is 3.53. The number of nitro benzene ring substituents is 1. The third-order valence-corrected chi connectivity index (χ3v) is 3.51. The number of non-ortho nitro benzene ring substituents is 1. The highest BCUT2D eigenvalue weighted by Crippen LogP contribution is 2.29. The fraction of sp³-hybridized carbons (Fsp3) is 0.250. The fourth-order valence-electron chi connectivity index (χ4n) is 2.14. The number of phenols is 1. The Bertz CT molecular complexity index is 656. The number of para-hydroxylation sites is 1. The minimum Gasteiger partial charge on any atom is -0.504 e. The van der Waals surface area contributed by atoms with Crippen molar-refractivity contribution in [1.82, 2.24) is 5.32 Å². The van der Waals surface area contributed by atoms with Gasteiger partial charge in [0.15, 0.2) is 11.5 Å². The molecule has 0 aliphatic carbocycles. The second-order valence-corrected chi connectivity index (χ2v) is 4.92. The summed E-state index contributed by atoms with van der Waals surface area (Å²) in [5.41, 5.74) is 1.74. The Kier molecular flexibility index (Phi) is 4.95. The van der Waals surface area contributed by atoms with Gasteiger partial charge in [0, 0.05) is 30.3 Å². The molecule has 0 unspecified atom stereocenters. The fourth-order valence-corrected chi connectivity index (χ4v) is 2.14. The Morgan fingerprint density at radius 2 is 1.95 bits per heavy atom. The maximum atomic E-state index is 10.6. The van der Waals surface area contributed by atoms with Gasteiger partial charge in [-0.1, -0.05) is 24.3 Å². The first-order valence-electron chi connectivity index (χ1n) is 6.85. The minimum atomic E-state index is -0.420. The van der Waals surface area contributed by atoms with Gasteiger partial charge < -0.3 is 15.2 Å². The monoisotopic (exact) mass is 302 g/mol. The number of methoxy groups -OCH3 is 1. The van der Waals surface area contributed by atoms with Gasteiger partial charge in [-0.2, -0.15) is 0 Å². The van der Waals surface area contributed by atoms with E-state index in [1.54, 1.807) is 18.2 Å². The van der Waals surface area contributed by atoms with Crippen molar-refractivity contribution in [2.24, 2.45) is 0 Å². The molecule has 0 fully saturated rings. The molecule has 6 nitrogen and oxygen atoms in total. The summed E-state index contributed by atoms with van der Waals surface area (Å²) in [7, 11) is 1.51. The molecule has 0 saturated heterocycles. The maximum Gasteiger partial charge on any atom is 0.269 e. The van der Waals surface area contributed by atoms with Crippen molar-refractivity contribution in [3.05, 3.63) is 63.7 Å². The standard InChI is InChI=1S/C16H18N2O4/c1-11(12-6-8-14(9-7-12)18(20)21)17-10-13-4-3-5-15(22-2)16(13)19/h3-9,11,17,19H,10H2,1-2H3/t11-/m0/s1. The van der Waals surface area contributed by atoms with Gasteiger partial charge in [0.05, 0.1) is 12.0 Å². The zero-order valence-electron chi connectivity index (χ0n) is 12.4. The second kappa shape index (κ2) is 6.91. The van der Waals surface area contributed by atoms with Crippen LogP contribution in [-0.2, 0) is 6.54 Å². The molecule has 0 radical (unpaired) electrons. The molecule has 0 amide bonds. The summed E-state index contributed by atoms with van der Waals surface area (Å²) >= 11 is 0. The van der Waals surface area contributed by atoms with Crippen LogP contribution in [0, 0.1) is 10.1 Å². The van der Waals surface area contributed by atoms with Crippen LogP contribution in [0.15, 0.2) is 42.5 Å². The molecule has 2 aromatic carbocycles. The van der Waals surface area contributed by atoms with Crippen LogP contribution in [0.4, 0.5) is 5.69 Å². The van der Waals surface area contributed by atoms with Gasteiger partial charge in [-0.05, 0) is 18.6 Å². The predicted molar refractivity (Wildman–Crippen MR) is 83.0 cm³/mol. The van der Waals surface area contributed by atoms with Crippen molar-refractivity contribution >= 4 is 5.69 Å². The maximum absolute atomic E-state index is 10.6. The van der Waals surface area contributed by atoms with Gasteiger partial charge in [0.2, 0.25) is 0 Å². The molecule has 0 bridgehead atoms. The first-order chi connectivity index (χ1) is 10.5. The smallest absolute Gasteiger partial charge is 0.269 e. The Hall–Kier alpha value is -2.60. The Balaban J connectivity index is 2.03. The molecule has 2 aromatic rings. The van der Waals surface area contributed by atoms with E-state index in [1.807, 2.05) is 19.1 Å². The molecule has 0 spiro atoms. The van der Waals surface area contributed by atoms with E-state index in [2.05, 4.69) is 5.32 Å². The minimum absolute atomic E-state index is 0.00796. The average molecular weight is 302 g/mol. The van der Waals surface area contributed by atoms with Gasteiger partial charge in [-0.25, -0.2) is 0 Å². The average Bonchev–Trinajstić information content (AvgIpc) is 2.53. The molecule has 116 valence electrons. The lowest BCUT2D eigenvalue weighted by Gasteiger charge is -2.15. The Morgan fingerprint density at radius 1 is 1.27 bits per heavy atom. The SMILES string of the molecule is COc1cccc(CN[C@@H](C)c2ccc([N+](=O)[O-])cc2)c1O. The summed E-state index contributed by atoms with van der Waals surface area (Å²) in [5.74, 6) is 0.552. The molecule has 0 aliphatic heterocycles. The first kappa shape index (κ1) is 15.8. The largest absolute Gasteiger partial charge is 0.504 e. The summed E-state index contributed by atoms with van der Waals surface area (Å²) < 4.78 is 5.07. The molecule has 22 heavy (non-hydrogen) atoms. The van der Waals surface area contributed by atoms with Gasteiger partial charge in [0.25, 0.3) is 5.69 Å². The number of phenolic OH excluding ortho intramolecular Hbond substituents is 1. The number of hydrogen-bond donors (Lipinski definition) is 2. The zero-order valence-corrected chi connectivity index (χ0v) is 12.4. The molecule has 1 atom stereocenters. The van der Waals surface area contributed by atoms with Crippen molar-refractivity contribution in [1.29, 1.82) is 0 Å². The van der Waals surface area contributed by atoms with Crippen molar-refractivity contribution in [3.63, 3.8) is 0 Å². The predicted octanol–water partition coefficient (Wildman–Crippen LogP) is 3.16. The van der Waals surface area contributed by atoms with Crippen molar-refractivity contribution in [2.45, 2.75) is 19.5 Å². The highest BCUT2D eigenvalue weighted by molar-refractivity contribution is 5.45. The van der Waals surface area contributed by atoms with Crippen LogP contribution in [0.2, 0.25) is 0 Å². The number of ether oxygens (including phenoxy) is 1. The van der Waals surface area contributed by atoms with E-state index in [9.17, 15) is 15.2 Å². The summed E-state index contributed by atoms with van der Waals surface area (Å²) in [6, 6.07) is 11.7. The number of rotatable bonds is 6. The third-order valence-electron chi connectivity index (χ3n) is 3.51. The lowest BCUT2D eigenvalue weighted by molar-refractivity contribution is -0.384.